The summed E-state index contributed by atoms with van der Waals surface area (Å²) in [5.41, 5.74) is 1.91. The number of benzene rings is 3. The van der Waals surface area contributed by atoms with E-state index in [1.54, 1.807) is 11.8 Å². The standard InChI is InChI=1S/C24H22N4O4S2/c1-28(16-17-8-4-3-5-9-17)34(30,31)19-14-12-18(13-15-19)22(29)25-24-27-26-23(32-24)20-10-6-7-11-21(20)33-2/h3-15H,16H2,1-2H3,(H,25,27,29). The molecule has 1 amide bonds. The number of hydrogen-bond donors (Lipinski definition) is 1. The topological polar surface area (TPSA) is 105 Å². The summed E-state index contributed by atoms with van der Waals surface area (Å²) in [4.78, 5) is 13.7. The van der Waals surface area contributed by atoms with Crippen LogP contribution in [0.4, 0.5) is 6.01 Å². The molecule has 0 fully saturated rings. The molecule has 0 bridgehead atoms. The summed E-state index contributed by atoms with van der Waals surface area (Å²) in [6.45, 7) is 0.241. The fourth-order valence-corrected chi connectivity index (χ4v) is 5.01. The highest BCUT2D eigenvalue weighted by Gasteiger charge is 2.22. The van der Waals surface area contributed by atoms with E-state index in [1.165, 1.54) is 35.6 Å². The van der Waals surface area contributed by atoms with Gasteiger partial charge in [0.25, 0.3) is 11.8 Å². The van der Waals surface area contributed by atoms with E-state index in [2.05, 4.69) is 15.5 Å². The molecule has 8 nitrogen and oxygen atoms in total. The average Bonchev–Trinajstić information content (AvgIpc) is 3.32. The molecule has 34 heavy (non-hydrogen) atoms. The van der Waals surface area contributed by atoms with E-state index in [-0.39, 0.29) is 23.0 Å². The van der Waals surface area contributed by atoms with Crippen LogP contribution in [-0.2, 0) is 16.6 Å². The monoisotopic (exact) mass is 494 g/mol. The van der Waals surface area contributed by atoms with Crippen molar-refractivity contribution in [2.24, 2.45) is 0 Å². The number of hydrogen-bond acceptors (Lipinski definition) is 7. The quantitative estimate of drug-likeness (QED) is 0.359. The summed E-state index contributed by atoms with van der Waals surface area (Å²) < 4.78 is 32.6. The molecule has 0 aliphatic carbocycles. The Bertz CT molecular complexity index is 1390. The lowest BCUT2D eigenvalue weighted by molar-refractivity contribution is 0.102. The third-order valence-electron chi connectivity index (χ3n) is 5.06. The van der Waals surface area contributed by atoms with Crippen LogP contribution in [0.2, 0.25) is 0 Å². The van der Waals surface area contributed by atoms with Gasteiger partial charge in [-0.2, -0.15) is 4.31 Å². The van der Waals surface area contributed by atoms with E-state index in [0.29, 0.717) is 5.89 Å². The fraction of sp³-hybridized carbons (Fsp3) is 0.125. The second-order valence-corrected chi connectivity index (χ2v) is 10.2. The van der Waals surface area contributed by atoms with Crippen molar-refractivity contribution < 1.29 is 17.6 Å². The van der Waals surface area contributed by atoms with Crippen LogP contribution in [0.15, 0.2) is 93.1 Å². The Hall–Kier alpha value is -3.47. The largest absolute Gasteiger partial charge is 0.403 e. The minimum Gasteiger partial charge on any atom is -0.403 e. The molecule has 0 saturated carbocycles. The zero-order valence-corrected chi connectivity index (χ0v) is 20.1. The number of nitrogens with one attached hydrogen (secondary N) is 1. The molecule has 1 aromatic heterocycles. The highest BCUT2D eigenvalue weighted by atomic mass is 32.2. The predicted octanol–water partition coefficient (Wildman–Crippen LogP) is 4.53. The van der Waals surface area contributed by atoms with E-state index < -0.39 is 15.9 Å². The van der Waals surface area contributed by atoms with Crippen molar-refractivity contribution in [3.05, 3.63) is 90.0 Å². The van der Waals surface area contributed by atoms with Crippen molar-refractivity contribution in [2.45, 2.75) is 16.3 Å². The number of thioether (sulfide) groups is 1. The fourth-order valence-electron chi connectivity index (χ4n) is 3.26. The van der Waals surface area contributed by atoms with E-state index in [4.69, 9.17) is 4.42 Å². The highest BCUT2D eigenvalue weighted by molar-refractivity contribution is 7.98. The molecule has 3 aromatic carbocycles. The van der Waals surface area contributed by atoms with Gasteiger partial charge in [-0.1, -0.05) is 47.6 Å². The number of aromatic nitrogens is 2. The van der Waals surface area contributed by atoms with Gasteiger partial charge < -0.3 is 4.42 Å². The van der Waals surface area contributed by atoms with Crippen molar-refractivity contribution >= 4 is 33.7 Å². The van der Waals surface area contributed by atoms with Crippen molar-refractivity contribution in [3.63, 3.8) is 0 Å². The molecule has 0 saturated heterocycles. The van der Waals surface area contributed by atoms with Gasteiger partial charge in [0.15, 0.2) is 0 Å². The summed E-state index contributed by atoms with van der Waals surface area (Å²) >= 11 is 1.55. The minimum atomic E-state index is -3.71. The van der Waals surface area contributed by atoms with Crippen molar-refractivity contribution in [1.82, 2.24) is 14.5 Å². The summed E-state index contributed by atoms with van der Waals surface area (Å²) in [7, 11) is -2.19. The van der Waals surface area contributed by atoms with Crippen LogP contribution >= 0.6 is 11.8 Å². The van der Waals surface area contributed by atoms with Gasteiger partial charge in [0.05, 0.1) is 10.5 Å². The van der Waals surface area contributed by atoms with Crippen molar-refractivity contribution in [1.29, 1.82) is 0 Å². The zero-order valence-electron chi connectivity index (χ0n) is 18.5. The second-order valence-electron chi connectivity index (χ2n) is 7.34. The Kier molecular flexibility index (Phi) is 7.11. The molecule has 1 N–H and O–H groups in total. The zero-order chi connectivity index (χ0) is 24.1. The predicted molar refractivity (Wildman–Crippen MR) is 131 cm³/mol. The van der Waals surface area contributed by atoms with Gasteiger partial charge >= 0.3 is 6.01 Å². The number of amides is 1. The normalized spacial score (nSPS) is 11.5. The number of carbonyl (C=O) groups is 1. The number of carbonyl (C=O) groups excluding carboxylic acids is 1. The van der Waals surface area contributed by atoms with Gasteiger partial charge in [-0.15, -0.1) is 16.9 Å². The molecule has 0 aliphatic rings. The van der Waals surface area contributed by atoms with Gasteiger partial charge in [0.2, 0.25) is 10.0 Å². The van der Waals surface area contributed by atoms with Gasteiger partial charge in [-0.25, -0.2) is 8.42 Å². The number of rotatable bonds is 8. The minimum absolute atomic E-state index is 0.0461. The van der Waals surface area contributed by atoms with Crippen LogP contribution in [-0.4, -0.2) is 42.1 Å². The Morgan fingerprint density at radius 3 is 2.35 bits per heavy atom. The third kappa shape index (κ3) is 5.19. The first-order valence-electron chi connectivity index (χ1n) is 10.3. The van der Waals surface area contributed by atoms with Crippen LogP contribution in [0, 0.1) is 0 Å². The SMILES string of the molecule is CSc1ccccc1-c1nnc(NC(=O)c2ccc(S(=O)(=O)N(C)Cc3ccccc3)cc2)o1. The highest BCUT2D eigenvalue weighted by Crippen LogP contribution is 2.29. The first kappa shape index (κ1) is 23.7. The van der Waals surface area contributed by atoms with Gasteiger partial charge in [0, 0.05) is 24.1 Å². The first-order valence-corrected chi connectivity index (χ1v) is 12.9. The van der Waals surface area contributed by atoms with Crippen molar-refractivity contribution in [2.75, 3.05) is 18.6 Å². The number of anilines is 1. The molecule has 4 aromatic rings. The Labute approximate surface area is 202 Å². The third-order valence-corrected chi connectivity index (χ3v) is 7.67. The lowest BCUT2D eigenvalue weighted by Gasteiger charge is -2.17. The van der Waals surface area contributed by atoms with Crippen LogP contribution in [0.5, 0.6) is 0 Å². The molecular formula is C24H22N4O4S2. The summed E-state index contributed by atoms with van der Waals surface area (Å²) in [5.74, 6) is -0.196. The smallest absolute Gasteiger partial charge is 0.322 e. The molecule has 10 heteroatoms. The van der Waals surface area contributed by atoms with Gasteiger partial charge in [-0.05, 0) is 48.2 Å². The molecule has 0 aliphatic heterocycles. The average molecular weight is 495 g/mol. The molecular weight excluding hydrogens is 472 g/mol. The molecule has 0 spiro atoms. The number of sulfonamides is 1. The summed E-state index contributed by atoms with van der Waals surface area (Å²) in [6.07, 6.45) is 1.95. The van der Waals surface area contributed by atoms with E-state index >= 15 is 0 Å². The lowest BCUT2D eigenvalue weighted by Crippen LogP contribution is -2.26. The Balaban J connectivity index is 1.45. The number of nitrogens with zero attached hydrogens (tertiary/aromatic N) is 3. The van der Waals surface area contributed by atoms with Crippen LogP contribution in [0.1, 0.15) is 15.9 Å². The maximum absolute atomic E-state index is 12.9. The van der Waals surface area contributed by atoms with Gasteiger partial charge in [0.1, 0.15) is 0 Å². The molecule has 0 radical (unpaired) electrons. The molecule has 0 atom stereocenters. The maximum atomic E-state index is 12.9. The van der Waals surface area contributed by atoms with Crippen LogP contribution < -0.4 is 5.32 Å². The van der Waals surface area contributed by atoms with E-state index in [9.17, 15) is 13.2 Å². The van der Waals surface area contributed by atoms with Crippen LogP contribution in [0.25, 0.3) is 11.5 Å². The Morgan fingerprint density at radius 2 is 1.65 bits per heavy atom. The van der Waals surface area contributed by atoms with E-state index in [0.717, 1.165) is 16.0 Å². The summed E-state index contributed by atoms with van der Waals surface area (Å²) in [5, 5.41) is 10.5. The summed E-state index contributed by atoms with van der Waals surface area (Å²) in [6, 6.07) is 22.5. The second kappa shape index (κ2) is 10.2. The van der Waals surface area contributed by atoms with Crippen molar-refractivity contribution in [3.8, 4) is 11.5 Å². The van der Waals surface area contributed by atoms with E-state index in [1.807, 2.05) is 60.9 Å². The first-order chi connectivity index (χ1) is 16.4. The molecule has 0 unspecified atom stereocenters. The van der Waals surface area contributed by atoms with Crippen LogP contribution in [0.3, 0.4) is 0 Å². The molecule has 174 valence electrons. The maximum Gasteiger partial charge on any atom is 0.322 e. The lowest BCUT2D eigenvalue weighted by atomic mass is 10.2. The van der Waals surface area contributed by atoms with Gasteiger partial charge in [-0.3, -0.25) is 10.1 Å². The molecule has 1 heterocycles. The molecule has 4 rings (SSSR count). The Morgan fingerprint density at radius 1 is 0.971 bits per heavy atom.